The Morgan fingerprint density at radius 2 is 2.12 bits per heavy atom. The number of esters is 1. The van der Waals surface area contributed by atoms with Gasteiger partial charge in [-0.3, -0.25) is 9.00 Å². The van der Waals surface area contributed by atoms with Gasteiger partial charge in [-0.1, -0.05) is 6.07 Å². The van der Waals surface area contributed by atoms with Crippen molar-refractivity contribution in [3.05, 3.63) is 29.3 Å². The topological polar surface area (TPSA) is 43.4 Å². The summed E-state index contributed by atoms with van der Waals surface area (Å²) in [5, 5.41) is 0. The number of hydrogen-bond donors (Lipinski definition) is 0. The van der Waals surface area contributed by atoms with E-state index in [0.717, 1.165) is 17.7 Å². The van der Waals surface area contributed by atoms with Gasteiger partial charge in [-0.15, -0.1) is 0 Å². The molecule has 0 saturated carbocycles. The molecule has 1 aliphatic carbocycles. The normalized spacial score (nSPS) is 15.6. The standard InChI is InChI=1S/C12H14O3S/c1-15-12(13)8-16(14)11-6-5-9-3-2-4-10(9)7-11/h5-7H,2-4,8H2,1H3. The first-order chi connectivity index (χ1) is 7.70. The highest BCUT2D eigenvalue weighted by molar-refractivity contribution is 7.85. The van der Waals surface area contributed by atoms with Crippen LogP contribution in [0.25, 0.3) is 0 Å². The summed E-state index contributed by atoms with van der Waals surface area (Å²) in [6.45, 7) is 0. The number of hydrogen-bond acceptors (Lipinski definition) is 3. The van der Waals surface area contributed by atoms with Crippen molar-refractivity contribution >= 4 is 16.8 Å². The molecule has 16 heavy (non-hydrogen) atoms. The van der Waals surface area contributed by atoms with Gasteiger partial charge >= 0.3 is 5.97 Å². The molecule has 3 nitrogen and oxygen atoms in total. The summed E-state index contributed by atoms with van der Waals surface area (Å²) in [6, 6.07) is 5.83. The lowest BCUT2D eigenvalue weighted by atomic mass is 10.1. The number of carbonyl (C=O) groups excluding carboxylic acids is 1. The minimum Gasteiger partial charge on any atom is -0.468 e. The largest absolute Gasteiger partial charge is 0.468 e. The van der Waals surface area contributed by atoms with Crippen LogP contribution in [0.1, 0.15) is 17.5 Å². The second-order valence-corrected chi connectivity index (χ2v) is 5.30. The third-order valence-corrected chi connectivity index (χ3v) is 4.09. The van der Waals surface area contributed by atoms with E-state index in [1.54, 1.807) is 0 Å². The van der Waals surface area contributed by atoms with Crippen molar-refractivity contribution in [3.8, 4) is 0 Å². The third-order valence-electron chi connectivity index (χ3n) is 2.81. The Hall–Kier alpha value is -1.16. The van der Waals surface area contributed by atoms with Gasteiger partial charge in [0, 0.05) is 4.90 Å². The molecule has 0 saturated heterocycles. The fourth-order valence-electron chi connectivity index (χ4n) is 1.94. The van der Waals surface area contributed by atoms with Gasteiger partial charge in [-0.05, 0) is 42.5 Å². The Kier molecular flexibility index (Phi) is 3.39. The first-order valence-electron chi connectivity index (χ1n) is 5.27. The zero-order valence-electron chi connectivity index (χ0n) is 9.19. The molecule has 0 heterocycles. The van der Waals surface area contributed by atoms with Gasteiger partial charge in [0.25, 0.3) is 0 Å². The molecule has 1 aromatic rings. The quantitative estimate of drug-likeness (QED) is 0.749. The molecule has 2 rings (SSSR count). The second kappa shape index (κ2) is 4.78. The summed E-state index contributed by atoms with van der Waals surface area (Å²) >= 11 is 0. The fraction of sp³-hybridized carbons (Fsp3) is 0.417. The van der Waals surface area contributed by atoms with Crippen molar-refractivity contribution in [2.45, 2.75) is 24.2 Å². The molecule has 0 bridgehead atoms. The van der Waals surface area contributed by atoms with E-state index >= 15 is 0 Å². The lowest BCUT2D eigenvalue weighted by molar-refractivity contribution is -0.137. The summed E-state index contributed by atoms with van der Waals surface area (Å²) in [6.07, 6.45) is 3.33. The Balaban J connectivity index is 2.15. The van der Waals surface area contributed by atoms with Crippen molar-refractivity contribution in [3.63, 3.8) is 0 Å². The molecule has 0 aromatic heterocycles. The van der Waals surface area contributed by atoms with E-state index in [9.17, 15) is 9.00 Å². The number of benzene rings is 1. The number of ether oxygens (including phenoxy) is 1. The van der Waals surface area contributed by atoms with E-state index in [1.807, 2.05) is 18.2 Å². The van der Waals surface area contributed by atoms with Crippen molar-refractivity contribution in [2.75, 3.05) is 12.9 Å². The first-order valence-corrected chi connectivity index (χ1v) is 6.59. The molecule has 0 aliphatic heterocycles. The Bertz CT molecular complexity index is 440. The molecule has 86 valence electrons. The van der Waals surface area contributed by atoms with Gasteiger partial charge < -0.3 is 4.74 Å². The highest BCUT2D eigenvalue weighted by atomic mass is 32.2. The molecule has 0 N–H and O–H groups in total. The molecule has 1 aromatic carbocycles. The molecular weight excluding hydrogens is 224 g/mol. The van der Waals surface area contributed by atoms with Crippen molar-refractivity contribution in [2.24, 2.45) is 0 Å². The molecule has 0 radical (unpaired) electrons. The monoisotopic (exact) mass is 238 g/mol. The van der Waals surface area contributed by atoms with Crippen LogP contribution in [-0.4, -0.2) is 23.0 Å². The highest BCUT2D eigenvalue weighted by Crippen LogP contribution is 2.24. The van der Waals surface area contributed by atoms with Crippen molar-refractivity contribution < 1.29 is 13.7 Å². The van der Waals surface area contributed by atoms with Gasteiger partial charge in [0.15, 0.2) is 0 Å². The van der Waals surface area contributed by atoms with Gasteiger partial charge in [0.2, 0.25) is 0 Å². The lowest BCUT2D eigenvalue weighted by Gasteiger charge is -2.04. The molecule has 1 atom stereocenters. The number of rotatable bonds is 3. The van der Waals surface area contributed by atoms with E-state index in [1.165, 1.54) is 24.7 Å². The van der Waals surface area contributed by atoms with Gasteiger partial charge in [0.1, 0.15) is 5.75 Å². The molecular formula is C12H14O3S. The summed E-state index contributed by atoms with van der Waals surface area (Å²) < 4.78 is 16.3. The third kappa shape index (κ3) is 2.32. The first kappa shape index (κ1) is 11.3. The molecule has 4 heteroatoms. The predicted molar refractivity (Wildman–Crippen MR) is 61.8 cm³/mol. The maximum Gasteiger partial charge on any atom is 0.318 e. The van der Waals surface area contributed by atoms with Crippen LogP contribution in [0.2, 0.25) is 0 Å². The average Bonchev–Trinajstić information content (AvgIpc) is 2.75. The van der Waals surface area contributed by atoms with Crippen LogP contribution in [0.15, 0.2) is 23.1 Å². The van der Waals surface area contributed by atoms with Crippen LogP contribution in [0.5, 0.6) is 0 Å². The van der Waals surface area contributed by atoms with Gasteiger partial charge in [0.05, 0.1) is 17.9 Å². The minimum absolute atomic E-state index is 0.0602. The summed E-state index contributed by atoms with van der Waals surface area (Å²) in [4.78, 5) is 11.7. The van der Waals surface area contributed by atoms with E-state index in [4.69, 9.17) is 0 Å². The predicted octanol–water partition coefficient (Wildman–Crippen LogP) is 1.46. The molecule has 0 spiro atoms. The van der Waals surface area contributed by atoms with Crippen molar-refractivity contribution in [1.29, 1.82) is 0 Å². The molecule has 1 unspecified atom stereocenters. The van der Waals surface area contributed by atoms with E-state index in [2.05, 4.69) is 4.74 Å². The number of aryl methyl sites for hydroxylation is 2. The van der Waals surface area contributed by atoms with Gasteiger partial charge in [-0.25, -0.2) is 0 Å². The lowest BCUT2D eigenvalue weighted by Crippen LogP contribution is -2.12. The van der Waals surface area contributed by atoms with Crippen LogP contribution >= 0.6 is 0 Å². The summed E-state index contributed by atoms with van der Waals surface area (Å²) in [7, 11) is 0.0275. The van der Waals surface area contributed by atoms with E-state index < -0.39 is 16.8 Å². The van der Waals surface area contributed by atoms with Crippen LogP contribution in [0.3, 0.4) is 0 Å². The van der Waals surface area contributed by atoms with Crippen LogP contribution in [0.4, 0.5) is 0 Å². The Labute approximate surface area is 97.3 Å². The fourth-order valence-corrected chi connectivity index (χ4v) is 2.93. The summed E-state index contributed by atoms with van der Waals surface area (Å²) in [5.74, 6) is -0.492. The van der Waals surface area contributed by atoms with Crippen molar-refractivity contribution in [1.82, 2.24) is 0 Å². The molecule has 1 aliphatic rings. The minimum atomic E-state index is -1.28. The van der Waals surface area contributed by atoms with Crippen LogP contribution < -0.4 is 0 Å². The summed E-state index contributed by atoms with van der Waals surface area (Å²) in [5.41, 5.74) is 2.62. The van der Waals surface area contributed by atoms with Gasteiger partial charge in [-0.2, -0.15) is 0 Å². The smallest absolute Gasteiger partial charge is 0.318 e. The van der Waals surface area contributed by atoms with Crippen LogP contribution in [-0.2, 0) is 33.2 Å². The van der Waals surface area contributed by atoms with E-state index in [-0.39, 0.29) is 5.75 Å². The number of carbonyl (C=O) groups is 1. The highest BCUT2D eigenvalue weighted by Gasteiger charge is 2.15. The Morgan fingerprint density at radius 1 is 1.38 bits per heavy atom. The molecule has 0 fully saturated rings. The zero-order valence-corrected chi connectivity index (χ0v) is 10.0. The number of methoxy groups -OCH3 is 1. The van der Waals surface area contributed by atoms with Crippen LogP contribution in [0, 0.1) is 0 Å². The Morgan fingerprint density at radius 3 is 2.88 bits per heavy atom. The maximum atomic E-state index is 11.8. The molecule has 0 amide bonds. The second-order valence-electron chi connectivity index (χ2n) is 3.85. The zero-order chi connectivity index (χ0) is 11.5. The number of fused-ring (bicyclic) bond motifs is 1. The average molecular weight is 238 g/mol. The maximum absolute atomic E-state index is 11.8. The van der Waals surface area contributed by atoms with E-state index in [0.29, 0.717) is 0 Å². The SMILES string of the molecule is COC(=O)CS(=O)c1ccc2c(c1)CCC2.